The fourth-order valence-corrected chi connectivity index (χ4v) is 2.41. The molecule has 0 bridgehead atoms. The molecule has 8 heteroatoms. The van der Waals surface area contributed by atoms with Crippen LogP contribution in [0.15, 0.2) is 12.4 Å². The lowest BCUT2D eigenvalue weighted by molar-refractivity contribution is -0.137. The van der Waals surface area contributed by atoms with Gasteiger partial charge in [0, 0.05) is 37.5 Å². The first-order chi connectivity index (χ1) is 10.1. The largest absolute Gasteiger partial charge is 0.480 e. The molecule has 2 aromatic heterocycles. The van der Waals surface area contributed by atoms with E-state index in [9.17, 15) is 4.79 Å². The van der Waals surface area contributed by atoms with Crippen molar-refractivity contribution in [3.8, 4) is 0 Å². The fraction of sp³-hybridized carbons (Fsp3) is 0.538. The van der Waals surface area contributed by atoms with Crippen LogP contribution in [-0.4, -0.2) is 47.4 Å². The molecular weight excluding hydrogens is 290 g/mol. The molecule has 0 aliphatic rings. The summed E-state index contributed by atoms with van der Waals surface area (Å²) in [5, 5.41) is 13.3. The predicted octanol–water partition coefficient (Wildman–Crippen LogP) is 1.02. The highest BCUT2D eigenvalue weighted by atomic mass is 32.2. The third-order valence-corrected chi connectivity index (χ3v) is 3.72. The number of carboxylic acid groups (broad SMARTS) is 1. The van der Waals surface area contributed by atoms with Crippen LogP contribution >= 0.6 is 11.8 Å². The summed E-state index contributed by atoms with van der Waals surface area (Å²) < 4.78 is 3.51. The van der Waals surface area contributed by atoms with Crippen molar-refractivity contribution in [2.45, 2.75) is 32.9 Å². The van der Waals surface area contributed by atoms with Crippen LogP contribution in [-0.2, 0) is 30.7 Å². The summed E-state index contributed by atoms with van der Waals surface area (Å²) in [6, 6.07) is 0. The second kappa shape index (κ2) is 7.26. The maximum Gasteiger partial charge on any atom is 0.325 e. The van der Waals surface area contributed by atoms with Crippen LogP contribution in [0.2, 0.25) is 0 Å². The van der Waals surface area contributed by atoms with Crippen molar-refractivity contribution in [3.05, 3.63) is 29.9 Å². The average molecular weight is 309 g/mol. The van der Waals surface area contributed by atoms with Gasteiger partial charge in [0.2, 0.25) is 0 Å². The topological polar surface area (TPSA) is 85.8 Å². The summed E-state index contributed by atoms with van der Waals surface area (Å²) in [5.74, 6) is 2.37. The Bertz CT molecular complexity index is 607. The summed E-state index contributed by atoms with van der Waals surface area (Å²) in [6.45, 7) is 2.50. The van der Waals surface area contributed by atoms with Crippen LogP contribution in [0.3, 0.4) is 0 Å². The number of aliphatic carboxylic acids is 1. The summed E-state index contributed by atoms with van der Waals surface area (Å²) >= 11 is 1.72. The van der Waals surface area contributed by atoms with Crippen LogP contribution < -0.4 is 0 Å². The highest BCUT2D eigenvalue weighted by Crippen LogP contribution is 2.06. The van der Waals surface area contributed by atoms with Crippen molar-refractivity contribution in [1.29, 1.82) is 0 Å². The molecule has 0 unspecified atom stereocenters. The van der Waals surface area contributed by atoms with Gasteiger partial charge >= 0.3 is 5.97 Å². The molecule has 2 aromatic rings. The highest BCUT2D eigenvalue weighted by molar-refractivity contribution is 7.98. The predicted molar refractivity (Wildman–Crippen MR) is 80.4 cm³/mol. The van der Waals surface area contributed by atoms with Gasteiger partial charge in [-0.25, -0.2) is 14.6 Å². The molecule has 0 amide bonds. The number of nitrogens with zero attached hydrogens (tertiary/aromatic N) is 5. The van der Waals surface area contributed by atoms with Gasteiger partial charge in [-0.2, -0.15) is 16.9 Å². The summed E-state index contributed by atoms with van der Waals surface area (Å²) in [5.41, 5.74) is 0. The smallest absolute Gasteiger partial charge is 0.325 e. The maximum atomic E-state index is 10.9. The van der Waals surface area contributed by atoms with E-state index in [-0.39, 0.29) is 6.54 Å². The summed E-state index contributed by atoms with van der Waals surface area (Å²) in [7, 11) is 0. The Labute approximate surface area is 127 Å². The van der Waals surface area contributed by atoms with Gasteiger partial charge in [-0.05, 0) is 13.2 Å². The van der Waals surface area contributed by atoms with E-state index in [0.717, 1.165) is 18.0 Å². The second-order valence-corrected chi connectivity index (χ2v) is 5.64. The van der Waals surface area contributed by atoms with E-state index < -0.39 is 5.97 Å². The number of hydrogen-bond donors (Lipinski definition) is 1. The van der Waals surface area contributed by atoms with E-state index in [4.69, 9.17) is 5.11 Å². The van der Waals surface area contributed by atoms with Crippen molar-refractivity contribution < 1.29 is 9.90 Å². The minimum Gasteiger partial charge on any atom is -0.480 e. The Kier molecular flexibility index (Phi) is 5.38. The minimum atomic E-state index is -0.906. The van der Waals surface area contributed by atoms with Crippen molar-refractivity contribution in [2.75, 3.05) is 12.0 Å². The molecule has 0 radical (unpaired) electrons. The zero-order valence-electron chi connectivity index (χ0n) is 12.2. The molecule has 2 heterocycles. The zero-order chi connectivity index (χ0) is 15.2. The summed E-state index contributed by atoms with van der Waals surface area (Å²) in [6.07, 6.45) is 7.07. The fourth-order valence-electron chi connectivity index (χ4n) is 2.03. The SMILES string of the molecule is CSCCc1nc(CCn2ccnc2C)n(CC(=O)O)n1. The number of aryl methyl sites for hydroxylation is 4. The molecule has 2 rings (SSSR count). The van der Waals surface area contributed by atoms with E-state index in [1.165, 1.54) is 4.68 Å². The molecule has 0 aromatic carbocycles. The van der Waals surface area contributed by atoms with E-state index in [2.05, 4.69) is 15.1 Å². The van der Waals surface area contributed by atoms with E-state index in [0.29, 0.717) is 24.6 Å². The van der Waals surface area contributed by atoms with Crippen LogP contribution in [0.1, 0.15) is 17.5 Å². The first-order valence-electron chi connectivity index (χ1n) is 6.71. The number of aromatic nitrogens is 5. The maximum absolute atomic E-state index is 10.9. The van der Waals surface area contributed by atoms with E-state index >= 15 is 0 Å². The van der Waals surface area contributed by atoms with Gasteiger partial charge in [0.05, 0.1) is 0 Å². The lowest BCUT2D eigenvalue weighted by Crippen LogP contribution is -2.15. The van der Waals surface area contributed by atoms with Crippen molar-refractivity contribution in [2.24, 2.45) is 0 Å². The average Bonchev–Trinajstić information content (AvgIpc) is 3.00. The highest BCUT2D eigenvalue weighted by Gasteiger charge is 2.12. The molecule has 0 aliphatic heterocycles. The molecule has 1 N–H and O–H groups in total. The van der Waals surface area contributed by atoms with Gasteiger partial charge in [0.1, 0.15) is 18.2 Å². The van der Waals surface area contributed by atoms with Gasteiger partial charge in [0.25, 0.3) is 0 Å². The Morgan fingerprint density at radius 1 is 1.43 bits per heavy atom. The van der Waals surface area contributed by atoms with Gasteiger partial charge < -0.3 is 9.67 Å². The zero-order valence-corrected chi connectivity index (χ0v) is 13.0. The third kappa shape index (κ3) is 4.32. The number of thioether (sulfide) groups is 1. The standard InChI is InChI=1S/C13H19N5O2S/c1-10-14-5-7-17(10)6-3-12-15-11(4-8-21-2)16-18(12)9-13(19)20/h5,7H,3-4,6,8-9H2,1-2H3,(H,19,20). The lowest BCUT2D eigenvalue weighted by atomic mass is 10.4. The lowest BCUT2D eigenvalue weighted by Gasteiger charge is -2.05. The number of imidazole rings is 1. The van der Waals surface area contributed by atoms with Crippen LogP contribution in [0.25, 0.3) is 0 Å². The van der Waals surface area contributed by atoms with Gasteiger partial charge in [-0.15, -0.1) is 0 Å². The quantitative estimate of drug-likeness (QED) is 0.783. The van der Waals surface area contributed by atoms with Gasteiger partial charge in [0.15, 0.2) is 5.82 Å². The molecule has 0 fully saturated rings. The van der Waals surface area contributed by atoms with E-state index in [1.807, 2.05) is 23.9 Å². The molecule has 0 spiro atoms. The molecular formula is C13H19N5O2S. The molecule has 0 aliphatic carbocycles. The molecule has 0 saturated carbocycles. The molecule has 0 atom stereocenters. The second-order valence-electron chi connectivity index (χ2n) is 4.66. The number of hydrogen-bond acceptors (Lipinski definition) is 5. The molecule has 114 valence electrons. The van der Waals surface area contributed by atoms with Crippen LogP contribution in [0, 0.1) is 6.92 Å². The number of carboxylic acids is 1. The van der Waals surface area contributed by atoms with Crippen molar-refractivity contribution >= 4 is 17.7 Å². The normalized spacial score (nSPS) is 11.0. The minimum absolute atomic E-state index is 0.148. The van der Waals surface area contributed by atoms with Gasteiger partial charge in [-0.3, -0.25) is 4.79 Å². The van der Waals surface area contributed by atoms with Crippen molar-refractivity contribution in [3.63, 3.8) is 0 Å². The molecule has 7 nitrogen and oxygen atoms in total. The Morgan fingerprint density at radius 2 is 2.24 bits per heavy atom. The third-order valence-electron chi connectivity index (χ3n) is 3.11. The Morgan fingerprint density at radius 3 is 2.86 bits per heavy atom. The van der Waals surface area contributed by atoms with Crippen LogP contribution in [0.4, 0.5) is 0 Å². The first-order valence-corrected chi connectivity index (χ1v) is 8.10. The first kappa shape index (κ1) is 15.6. The van der Waals surface area contributed by atoms with Crippen molar-refractivity contribution in [1.82, 2.24) is 24.3 Å². The Balaban J connectivity index is 2.09. The number of rotatable bonds is 8. The number of carbonyl (C=O) groups is 1. The molecule has 21 heavy (non-hydrogen) atoms. The molecule has 0 saturated heterocycles. The monoisotopic (exact) mass is 309 g/mol. The Hall–Kier alpha value is -1.83. The van der Waals surface area contributed by atoms with Gasteiger partial charge in [-0.1, -0.05) is 0 Å². The summed E-state index contributed by atoms with van der Waals surface area (Å²) in [4.78, 5) is 19.6. The van der Waals surface area contributed by atoms with E-state index in [1.54, 1.807) is 18.0 Å². The van der Waals surface area contributed by atoms with Crippen LogP contribution in [0.5, 0.6) is 0 Å².